The molecule has 2 aliphatic heterocycles. The summed E-state index contributed by atoms with van der Waals surface area (Å²) in [6.07, 6.45) is 8.05. The quantitative estimate of drug-likeness (QED) is 0.442. The van der Waals surface area contributed by atoms with Crippen molar-refractivity contribution in [2.75, 3.05) is 7.11 Å². The number of carbonyl (C=O) groups excluding carboxylic acids is 2. The molecule has 3 aliphatic rings. The van der Waals surface area contributed by atoms with Crippen LogP contribution in [0.3, 0.4) is 0 Å². The first kappa shape index (κ1) is 24.6. The van der Waals surface area contributed by atoms with Crippen LogP contribution < -0.4 is 0 Å². The molecular formula is C29H36O5. The fraction of sp³-hybridized carbons (Fsp3) is 0.517. The van der Waals surface area contributed by atoms with Crippen LogP contribution >= 0.6 is 0 Å². The van der Waals surface area contributed by atoms with E-state index in [0.717, 1.165) is 16.7 Å². The van der Waals surface area contributed by atoms with Crippen molar-refractivity contribution in [1.29, 1.82) is 0 Å². The Morgan fingerprint density at radius 3 is 2.53 bits per heavy atom. The summed E-state index contributed by atoms with van der Waals surface area (Å²) in [5.74, 6) is -1.13. The minimum absolute atomic E-state index is 0.0280. The van der Waals surface area contributed by atoms with E-state index in [-0.39, 0.29) is 41.8 Å². The van der Waals surface area contributed by atoms with Crippen molar-refractivity contribution in [3.8, 4) is 0 Å². The Morgan fingerprint density at radius 2 is 1.88 bits per heavy atom. The topological polar surface area (TPSA) is 61.8 Å². The Bertz CT molecular complexity index is 1040. The second-order valence-electron chi connectivity index (χ2n) is 10.5. The normalized spacial score (nSPS) is 35.1. The summed E-state index contributed by atoms with van der Waals surface area (Å²) in [5, 5.41) is 0. The highest BCUT2D eigenvalue weighted by atomic mass is 16.7. The Balaban J connectivity index is 1.74. The molecule has 5 heteroatoms. The summed E-state index contributed by atoms with van der Waals surface area (Å²) < 4.78 is 18.6. The maximum absolute atomic E-state index is 13.1. The van der Waals surface area contributed by atoms with Crippen molar-refractivity contribution < 1.29 is 23.8 Å². The molecule has 2 bridgehead atoms. The average Bonchev–Trinajstić information content (AvgIpc) is 3.15. The number of rotatable bonds is 5. The van der Waals surface area contributed by atoms with E-state index in [1.807, 2.05) is 63.3 Å². The van der Waals surface area contributed by atoms with E-state index in [2.05, 4.69) is 19.9 Å². The number of ether oxygens (including phenoxy) is 3. The lowest BCUT2D eigenvalue weighted by Gasteiger charge is -2.40. The molecule has 1 unspecified atom stereocenters. The van der Waals surface area contributed by atoms with E-state index in [4.69, 9.17) is 14.2 Å². The highest BCUT2D eigenvalue weighted by Gasteiger charge is 2.53. The lowest BCUT2D eigenvalue weighted by atomic mass is 9.65. The highest BCUT2D eigenvalue weighted by molar-refractivity contribution is 5.94. The maximum atomic E-state index is 13.1. The summed E-state index contributed by atoms with van der Waals surface area (Å²) >= 11 is 0. The number of esters is 1. The van der Waals surface area contributed by atoms with Gasteiger partial charge in [0.1, 0.15) is 11.7 Å². The molecule has 182 valence electrons. The molecule has 0 N–H and O–H groups in total. The zero-order valence-corrected chi connectivity index (χ0v) is 21.0. The molecule has 2 heterocycles. The number of carbonyl (C=O) groups is 2. The number of fused-ring (bicyclic) bond motifs is 3. The highest BCUT2D eigenvalue weighted by Crippen LogP contribution is 2.48. The van der Waals surface area contributed by atoms with Crippen LogP contribution in [0, 0.1) is 23.7 Å². The lowest BCUT2D eigenvalue weighted by Crippen LogP contribution is -2.47. The summed E-state index contributed by atoms with van der Waals surface area (Å²) in [6, 6.07) is 9.60. The summed E-state index contributed by atoms with van der Waals surface area (Å²) in [7, 11) is 1.62. The summed E-state index contributed by atoms with van der Waals surface area (Å²) in [6.45, 7) is 10.1. The Morgan fingerprint density at radius 1 is 1.18 bits per heavy atom. The van der Waals surface area contributed by atoms with Crippen molar-refractivity contribution in [2.24, 2.45) is 23.7 Å². The van der Waals surface area contributed by atoms with Gasteiger partial charge < -0.3 is 14.2 Å². The molecule has 1 aromatic carbocycles. The van der Waals surface area contributed by atoms with Crippen LogP contribution in [-0.2, 0) is 30.2 Å². The molecule has 1 aliphatic carbocycles. The van der Waals surface area contributed by atoms with E-state index < -0.39 is 17.5 Å². The van der Waals surface area contributed by atoms with Crippen molar-refractivity contribution in [3.05, 3.63) is 71.3 Å². The van der Waals surface area contributed by atoms with Crippen LogP contribution in [0.5, 0.6) is 0 Å². The average molecular weight is 465 g/mol. The smallest absolute Gasteiger partial charge is 0.310 e. The third-order valence-electron chi connectivity index (χ3n) is 7.75. The third-order valence-corrected chi connectivity index (χ3v) is 7.75. The minimum Gasteiger partial charge on any atom is -0.459 e. The number of ketones is 1. The zero-order chi connectivity index (χ0) is 24.7. The monoisotopic (exact) mass is 464 g/mol. The summed E-state index contributed by atoms with van der Waals surface area (Å²) in [5.41, 5.74) is 1.98. The third kappa shape index (κ3) is 4.44. The van der Waals surface area contributed by atoms with Crippen LogP contribution in [0.2, 0.25) is 0 Å². The van der Waals surface area contributed by atoms with Crippen molar-refractivity contribution >= 4 is 11.8 Å². The second kappa shape index (κ2) is 9.27. The molecule has 0 saturated heterocycles. The first-order chi connectivity index (χ1) is 16.1. The Labute approximate surface area is 202 Å². The van der Waals surface area contributed by atoms with Gasteiger partial charge in [-0.05, 0) is 74.3 Å². The van der Waals surface area contributed by atoms with Crippen molar-refractivity contribution in [2.45, 2.75) is 65.0 Å². The van der Waals surface area contributed by atoms with Gasteiger partial charge in [0.25, 0.3) is 0 Å². The van der Waals surface area contributed by atoms with Crippen LogP contribution in [0.25, 0.3) is 0 Å². The predicted octanol–water partition coefficient (Wildman–Crippen LogP) is 5.21. The standard InChI is InChI=1S/C29H36O5/c1-18(2)27-23-15-20(4)29(32-6)13-12-28(5,34-29)25(17-22(23)19(3)14-24(27)30)33-26(31)16-21-10-8-7-9-11-21/h7-15,18,22-23,25,27H,16-17H2,1-6H3/t22?,23-,25-,27+,28-,29+/m0/s1. The van der Waals surface area contributed by atoms with Gasteiger partial charge in [-0.1, -0.05) is 55.8 Å². The zero-order valence-electron chi connectivity index (χ0n) is 21.0. The van der Waals surface area contributed by atoms with Gasteiger partial charge in [0.15, 0.2) is 5.78 Å². The Hall–Kier alpha value is -2.50. The molecule has 0 amide bonds. The van der Waals surface area contributed by atoms with Gasteiger partial charge in [0.05, 0.1) is 6.42 Å². The number of allylic oxidation sites excluding steroid dienone is 3. The van der Waals surface area contributed by atoms with Crippen LogP contribution in [0.1, 0.15) is 46.6 Å². The SMILES string of the molecule is CO[C@]12C=C[C@](C)(O1)[C@@H](OC(=O)Cc1ccccc1)CC1C(C)=CC(=O)[C@H](C(C)C)[C@H]1C=C2C. The molecule has 0 spiro atoms. The van der Waals surface area contributed by atoms with Crippen LogP contribution in [-0.4, -0.2) is 36.4 Å². The molecule has 5 nitrogen and oxygen atoms in total. The van der Waals surface area contributed by atoms with Gasteiger partial charge >= 0.3 is 5.97 Å². The fourth-order valence-corrected chi connectivity index (χ4v) is 5.83. The molecule has 1 aromatic rings. The number of hydrogen-bond donors (Lipinski definition) is 0. The van der Waals surface area contributed by atoms with Gasteiger partial charge in [0.2, 0.25) is 5.79 Å². The van der Waals surface area contributed by atoms with Crippen molar-refractivity contribution in [3.63, 3.8) is 0 Å². The van der Waals surface area contributed by atoms with Gasteiger partial charge in [-0.15, -0.1) is 0 Å². The first-order valence-electron chi connectivity index (χ1n) is 12.2. The number of methoxy groups -OCH3 is 1. The number of benzene rings is 1. The van der Waals surface area contributed by atoms with Gasteiger partial charge in [-0.25, -0.2) is 0 Å². The molecule has 34 heavy (non-hydrogen) atoms. The Kier molecular flexibility index (Phi) is 6.71. The van der Waals surface area contributed by atoms with Gasteiger partial charge in [-0.2, -0.15) is 0 Å². The lowest BCUT2D eigenvalue weighted by molar-refractivity contribution is -0.226. The van der Waals surface area contributed by atoms with E-state index in [1.165, 1.54) is 0 Å². The molecule has 4 rings (SSSR count). The number of hydrogen-bond acceptors (Lipinski definition) is 5. The van der Waals surface area contributed by atoms with Crippen LogP contribution in [0.4, 0.5) is 0 Å². The van der Waals surface area contributed by atoms with Crippen molar-refractivity contribution in [1.82, 2.24) is 0 Å². The van der Waals surface area contributed by atoms with E-state index in [9.17, 15) is 9.59 Å². The molecule has 0 fully saturated rings. The van der Waals surface area contributed by atoms with E-state index >= 15 is 0 Å². The largest absolute Gasteiger partial charge is 0.459 e. The predicted molar refractivity (Wildman–Crippen MR) is 131 cm³/mol. The van der Waals surface area contributed by atoms with Crippen LogP contribution in [0.15, 0.2) is 65.8 Å². The summed E-state index contributed by atoms with van der Waals surface area (Å²) in [4.78, 5) is 26.1. The molecule has 6 atom stereocenters. The first-order valence-corrected chi connectivity index (χ1v) is 12.2. The van der Waals surface area contributed by atoms with E-state index in [1.54, 1.807) is 13.2 Å². The minimum atomic E-state index is -1.05. The fourth-order valence-electron chi connectivity index (χ4n) is 5.83. The molecule has 0 saturated carbocycles. The van der Waals surface area contributed by atoms with Gasteiger partial charge in [0, 0.05) is 13.0 Å². The molecule has 0 radical (unpaired) electrons. The molecular weight excluding hydrogens is 428 g/mol. The van der Waals surface area contributed by atoms with E-state index in [0.29, 0.717) is 6.42 Å². The maximum Gasteiger partial charge on any atom is 0.310 e. The second-order valence-corrected chi connectivity index (χ2v) is 10.5. The van der Waals surface area contributed by atoms with Gasteiger partial charge in [-0.3, -0.25) is 9.59 Å². The molecule has 0 aromatic heterocycles.